The zero-order chi connectivity index (χ0) is 19.4. The van der Waals surface area contributed by atoms with Crippen molar-refractivity contribution >= 4 is 10.0 Å². The van der Waals surface area contributed by atoms with Crippen molar-refractivity contribution in [3.63, 3.8) is 0 Å². The molecule has 2 heterocycles. The molecule has 3 aromatic rings. The maximum absolute atomic E-state index is 12.4. The Morgan fingerprint density at radius 1 is 0.893 bits per heavy atom. The van der Waals surface area contributed by atoms with E-state index in [0.717, 1.165) is 38.4 Å². The first-order chi connectivity index (χ1) is 13.6. The zero-order valence-electron chi connectivity index (χ0n) is 15.5. The summed E-state index contributed by atoms with van der Waals surface area (Å²) in [5, 5.41) is 8.50. The Bertz CT molecular complexity index is 1020. The third kappa shape index (κ3) is 4.30. The summed E-state index contributed by atoms with van der Waals surface area (Å²) in [6.07, 6.45) is 0.797. The van der Waals surface area contributed by atoms with Gasteiger partial charge in [0.15, 0.2) is 0 Å². The van der Waals surface area contributed by atoms with Gasteiger partial charge >= 0.3 is 0 Å². The molecule has 0 atom stereocenters. The van der Waals surface area contributed by atoms with Crippen molar-refractivity contribution in [2.45, 2.75) is 31.0 Å². The molecular formula is C20H23N5O2S. The number of hydrogen-bond acceptors (Lipinski definition) is 5. The molecule has 1 N–H and O–H groups in total. The zero-order valence-corrected chi connectivity index (χ0v) is 16.3. The predicted octanol–water partition coefficient (Wildman–Crippen LogP) is 1.81. The summed E-state index contributed by atoms with van der Waals surface area (Å²) in [7, 11) is -3.57. The van der Waals surface area contributed by atoms with Gasteiger partial charge in [0.2, 0.25) is 10.0 Å². The van der Waals surface area contributed by atoms with Crippen molar-refractivity contribution in [2.75, 3.05) is 13.1 Å². The van der Waals surface area contributed by atoms with Crippen LogP contribution in [0.1, 0.15) is 17.2 Å². The molecule has 7 nitrogen and oxygen atoms in total. The number of aromatic nitrogens is 3. The summed E-state index contributed by atoms with van der Waals surface area (Å²) < 4.78 is 29.6. The van der Waals surface area contributed by atoms with Crippen LogP contribution < -0.4 is 4.72 Å². The molecule has 2 aromatic carbocycles. The monoisotopic (exact) mass is 397 g/mol. The number of nitrogens with zero attached hydrogens (tertiary/aromatic N) is 4. The Morgan fingerprint density at radius 3 is 2.36 bits per heavy atom. The van der Waals surface area contributed by atoms with E-state index in [1.807, 2.05) is 10.6 Å². The van der Waals surface area contributed by atoms with Crippen LogP contribution in [0.15, 0.2) is 65.6 Å². The SMILES string of the molecule is O=S(=O)(NCc1nnc2n1CCN(Cc1ccccc1)CC2)c1ccccc1. The molecule has 1 aliphatic heterocycles. The lowest BCUT2D eigenvalue weighted by Gasteiger charge is -2.19. The maximum Gasteiger partial charge on any atom is 0.240 e. The standard InChI is InChI=1S/C20H23N5O2S/c26-28(27,18-9-5-2-6-10-18)21-15-20-23-22-19-11-12-24(13-14-25(19)20)16-17-7-3-1-4-8-17/h1-10,21H,11-16H2. The molecule has 0 saturated heterocycles. The Balaban J connectivity index is 1.41. The van der Waals surface area contributed by atoms with Gasteiger partial charge in [-0.15, -0.1) is 10.2 Å². The Kier molecular flexibility index (Phi) is 5.52. The van der Waals surface area contributed by atoms with Crippen LogP contribution in [-0.2, 0) is 36.1 Å². The molecule has 0 radical (unpaired) electrons. The van der Waals surface area contributed by atoms with Gasteiger partial charge in [-0.2, -0.15) is 0 Å². The summed E-state index contributed by atoms with van der Waals surface area (Å²) in [5.41, 5.74) is 1.29. The van der Waals surface area contributed by atoms with Crippen molar-refractivity contribution < 1.29 is 8.42 Å². The van der Waals surface area contributed by atoms with Gasteiger partial charge < -0.3 is 4.57 Å². The second-order valence-corrected chi connectivity index (χ2v) is 8.60. The minimum atomic E-state index is -3.57. The van der Waals surface area contributed by atoms with E-state index >= 15 is 0 Å². The van der Waals surface area contributed by atoms with Crippen molar-refractivity contribution in [3.05, 3.63) is 77.9 Å². The normalized spacial score (nSPS) is 15.1. The Hall–Kier alpha value is -2.55. The van der Waals surface area contributed by atoms with Gasteiger partial charge in [0.1, 0.15) is 11.6 Å². The molecule has 0 fully saturated rings. The largest absolute Gasteiger partial charge is 0.313 e. The van der Waals surface area contributed by atoms with Gasteiger partial charge in [0.25, 0.3) is 0 Å². The number of hydrogen-bond donors (Lipinski definition) is 1. The molecule has 0 aliphatic carbocycles. The lowest BCUT2D eigenvalue weighted by atomic mass is 10.2. The van der Waals surface area contributed by atoms with Crippen LogP contribution in [0.5, 0.6) is 0 Å². The molecule has 4 rings (SSSR count). The fourth-order valence-electron chi connectivity index (χ4n) is 3.40. The number of nitrogens with one attached hydrogen (secondary N) is 1. The van der Waals surface area contributed by atoms with Gasteiger partial charge in [0.05, 0.1) is 11.4 Å². The summed E-state index contributed by atoms with van der Waals surface area (Å²) in [6.45, 7) is 3.55. The minimum Gasteiger partial charge on any atom is -0.313 e. The smallest absolute Gasteiger partial charge is 0.240 e. The minimum absolute atomic E-state index is 0.128. The van der Waals surface area contributed by atoms with Crippen LogP contribution in [0.25, 0.3) is 0 Å². The first-order valence-corrected chi connectivity index (χ1v) is 10.8. The highest BCUT2D eigenvalue weighted by Crippen LogP contribution is 2.13. The first kappa shape index (κ1) is 18.8. The number of rotatable bonds is 6. The third-order valence-electron chi connectivity index (χ3n) is 4.92. The third-order valence-corrected chi connectivity index (χ3v) is 6.34. The fourth-order valence-corrected chi connectivity index (χ4v) is 4.40. The second kappa shape index (κ2) is 8.22. The summed E-state index contributed by atoms with van der Waals surface area (Å²) in [4.78, 5) is 2.64. The van der Waals surface area contributed by atoms with Crippen LogP contribution in [-0.4, -0.2) is 41.2 Å². The molecule has 0 spiro atoms. The molecule has 0 unspecified atom stereocenters. The Labute approximate surface area is 165 Å². The molecule has 8 heteroatoms. The molecule has 0 amide bonds. The summed E-state index contributed by atoms with van der Waals surface area (Å²) in [5.74, 6) is 1.56. The van der Waals surface area contributed by atoms with Crippen molar-refractivity contribution in [1.82, 2.24) is 24.4 Å². The average Bonchev–Trinajstić information content (AvgIpc) is 3.01. The highest BCUT2D eigenvalue weighted by Gasteiger charge is 2.20. The molecule has 1 aliphatic rings. The van der Waals surface area contributed by atoms with E-state index in [2.05, 4.69) is 44.1 Å². The molecule has 1 aromatic heterocycles. The van der Waals surface area contributed by atoms with Crippen LogP contribution in [0.4, 0.5) is 0 Å². The van der Waals surface area contributed by atoms with Gasteiger partial charge in [0, 0.05) is 32.6 Å². The van der Waals surface area contributed by atoms with Gasteiger partial charge in [-0.1, -0.05) is 48.5 Å². The van der Waals surface area contributed by atoms with E-state index in [1.54, 1.807) is 30.3 Å². The molecule has 28 heavy (non-hydrogen) atoms. The van der Waals surface area contributed by atoms with Crippen LogP contribution >= 0.6 is 0 Å². The maximum atomic E-state index is 12.4. The van der Waals surface area contributed by atoms with E-state index < -0.39 is 10.0 Å². The quantitative estimate of drug-likeness (QED) is 0.686. The molecule has 0 bridgehead atoms. The fraction of sp³-hybridized carbons (Fsp3) is 0.300. The predicted molar refractivity (Wildman–Crippen MR) is 106 cm³/mol. The molecule has 0 saturated carbocycles. The lowest BCUT2D eigenvalue weighted by Crippen LogP contribution is -2.28. The van der Waals surface area contributed by atoms with Gasteiger partial charge in [-0.3, -0.25) is 4.90 Å². The van der Waals surface area contributed by atoms with Crippen molar-refractivity contribution in [2.24, 2.45) is 0 Å². The van der Waals surface area contributed by atoms with Crippen LogP contribution in [0, 0.1) is 0 Å². The number of sulfonamides is 1. The lowest BCUT2D eigenvalue weighted by molar-refractivity contribution is 0.270. The van der Waals surface area contributed by atoms with E-state index in [9.17, 15) is 8.42 Å². The first-order valence-electron chi connectivity index (χ1n) is 9.34. The van der Waals surface area contributed by atoms with Gasteiger partial charge in [-0.05, 0) is 17.7 Å². The summed E-state index contributed by atoms with van der Waals surface area (Å²) in [6, 6.07) is 18.8. The topological polar surface area (TPSA) is 80.1 Å². The van der Waals surface area contributed by atoms with E-state index in [-0.39, 0.29) is 11.4 Å². The number of fused-ring (bicyclic) bond motifs is 1. The molecule has 146 valence electrons. The molecular weight excluding hydrogens is 374 g/mol. The second-order valence-electron chi connectivity index (χ2n) is 6.83. The number of benzene rings is 2. The van der Waals surface area contributed by atoms with Crippen molar-refractivity contribution in [1.29, 1.82) is 0 Å². The Morgan fingerprint density at radius 2 is 1.61 bits per heavy atom. The van der Waals surface area contributed by atoms with E-state index in [1.165, 1.54) is 5.56 Å². The van der Waals surface area contributed by atoms with E-state index in [4.69, 9.17) is 0 Å². The van der Waals surface area contributed by atoms with Crippen LogP contribution in [0.3, 0.4) is 0 Å². The average molecular weight is 398 g/mol. The van der Waals surface area contributed by atoms with Gasteiger partial charge in [-0.25, -0.2) is 13.1 Å². The highest BCUT2D eigenvalue weighted by atomic mass is 32.2. The summed E-state index contributed by atoms with van der Waals surface area (Å²) >= 11 is 0. The highest BCUT2D eigenvalue weighted by molar-refractivity contribution is 7.89. The van der Waals surface area contributed by atoms with Crippen molar-refractivity contribution in [3.8, 4) is 0 Å². The van der Waals surface area contributed by atoms with E-state index in [0.29, 0.717) is 5.82 Å². The van der Waals surface area contributed by atoms with Crippen LogP contribution in [0.2, 0.25) is 0 Å².